The van der Waals surface area contributed by atoms with E-state index in [1.54, 1.807) is 0 Å². The topological polar surface area (TPSA) is 0 Å². The van der Waals surface area contributed by atoms with Crippen LogP contribution in [0.25, 0.3) is 0 Å². The number of hydrogen-bond donors (Lipinski definition) is 0. The van der Waals surface area contributed by atoms with Crippen molar-refractivity contribution in [2.45, 2.75) is 43.9 Å². The summed E-state index contributed by atoms with van der Waals surface area (Å²) in [5.74, 6) is 0.701. The molecule has 2 unspecified atom stereocenters. The molecule has 1 saturated carbocycles. The number of hydrogen-bond acceptors (Lipinski definition) is 0. The van der Waals surface area contributed by atoms with Crippen LogP contribution in [0.5, 0.6) is 0 Å². The molecule has 0 N–H and O–H groups in total. The Labute approximate surface area is 91.3 Å². The lowest BCUT2D eigenvalue weighted by molar-refractivity contribution is 0.449. The molecule has 0 radical (unpaired) electrons. The second-order valence-electron chi connectivity index (χ2n) is 4.37. The van der Waals surface area contributed by atoms with Gasteiger partial charge in [-0.05, 0) is 37.7 Å². The molecule has 1 aromatic carbocycles. The van der Waals surface area contributed by atoms with Gasteiger partial charge < -0.3 is 0 Å². The fourth-order valence-corrected chi connectivity index (χ4v) is 2.64. The summed E-state index contributed by atoms with van der Waals surface area (Å²) in [4.78, 5) is 0. The molecular formula is C13H17Cl. The van der Waals surface area contributed by atoms with Crippen molar-refractivity contribution in [3.05, 3.63) is 35.4 Å². The largest absolute Gasteiger partial charge is 0.123 e. The Morgan fingerprint density at radius 3 is 2.50 bits per heavy atom. The molecule has 0 saturated heterocycles. The van der Waals surface area contributed by atoms with Gasteiger partial charge in [0.2, 0.25) is 0 Å². The van der Waals surface area contributed by atoms with E-state index >= 15 is 0 Å². The van der Waals surface area contributed by atoms with Crippen LogP contribution >= 0.6 is 11.6 Å². The van der Waals surface area contributed by atoms with Crippen molar-refractivity contribution in [3.8, 4) is 0 Å². The Balaban J connectivity index is 2.10. The Hall–Kier alpha value is -0.490. The first-order valence-corrected chi connectivity index (χ1v) is 5.90. The fourth-order valence-electron chi connectivity index (χ4n) is 2.27. The first-order valence-electron chi connectivity index (χ1n) is 5.46. The second kappa shape index (κ2) is 4.35. The molecule has 0 amide bonds. The summed E-state index contributed by atoms with van der Waals surface area (Å²) in [6.07, 6.45) is 4.95. The lowest BCUT2D eigenvalue weighted by atomic mass is 9.83. The van der Waals surface area contributed by atoms with Gasteiger partial charge in [0.1, 0.15) is 0 Å². The number of benzene rings is 1. The van der Waals surface area contributed by atoms with E-state index in [1.807, 2.05) is 0 Å². The molecule has 1 heteroatoms. The van der Waals surface area contributed by atoms with Gasteiger partial charge in [0, 0.05) is 5.38 Å². The summed E-state index contributed by atoms with van der Waals surface area (Å²) in [5, 5.41) is 0.398. The Morgan fingerprint density at radius 2 is 1.86 bits per heavy atom. The summed E-state index contributed by atoms with van der Waals surface area (Å²) in [6, 6.07) is 8.92. The molecule has 1 fully saturated rings. The molecule has 0 heterocycles. The highest BCUT2D eigenvalue weighted by Gasteiger charge is 2.21. The molecule has 14 heavy (non-hydrogen) atoms. The zero-order valence-electron chi connectivity index (χ0n) is 8.67. The second-order valence-corrected chi connectivity index (χ2v) is 4.99. The summed E-state index contributed by atoms with van der Waals surface area (Å²) in [5.41, 5.74) is 2.81. The van der Waals surface area contributed by atoms with Gasteiger partial charge in [-0.1, -0.05) is 36.2 Å². The number of halogens is 1. The molecule has 1 aliphatic rings. The van der Waals surface area contributed by atoms with E-state index in [0.29, 0.717) is 11.3 Å². The standard InChI is InChI=1S/C13H17Cl/c1-10-5-7-11(8-6-10)12-3-2-4-13(14)9-12/h5-8,12-13H,2-4,9H2,1H3. The normalized spacial score (nSPS) is 27.6. The first-order chi connectivity index (χ1) is 6.75. The van der Waals surface area contributed by atoms with Crippen molar-refractivity contribution < 1.29 is 0 Å². The Kier molecular flexibility index (Phi) is 3.12. The van der Waals surface area contributed by atoms with E-state index < -0.39 is 0 Å². The predicted octanol–water partition coefficient (Wildman–Crippen LogP) is 4.26. The molecule has 1 aliphatic carbocycles. The number of rotatable bonds is 1. The van der Waals surface area contributed by atoms with Crippen molar-refractivity contribution in [3.63, 3.8) is 0 Å². The summed E-state index contributed by atoms with van der Waals surface area (Å²) in [7, 11) is 0. The molecular weight excluding hydrogens is 192 g/mol. The van der Waals surface area contributed by atoms with Crippen molar-refractivity contribution >= 4 is 11.6 Å². The molecule has 2 rings (SSSR count). The van der Waals surface area contributed by atoms with Gasteiger partial charge in [-0.3, -0.25) is 0 Å². The zero-order valence-corrected chi connectivity index (χ0v) is 9.43. The monoisotopic (exact) mass is 208 g/mol. The zero-order chi connectivity index (χ0) is 9.97. The molecule has 0 nitrogen and oxygen atoms in total. The maximum Gasteiger partial charge on any atom is 0.0341 e. The minimum atomic E-state index is 0.398. The third-order valence-corrected chi connectivity index (χ3v) is 3.56. The highest BCUT2D eigenvalue weighted by atomic mass is 35.5. The van der Waals surface area contributed by atoms with E-state index in [4.69, 9.17) is 11.6 Å². The van der Waals surface area contributed by atoms with Crippen LogP contribution in [0.4, 0.5) is 0 Å². The summed E-state index contributed by atoms with van der Waals surface area (Å²) >= 11 is 6.19. The smallest absolute Gasteiger partial charge is 0.0341 e. The van der Waals surface area contributed by atoms with E-state index in [0.717, 1.165) is 6.42 Å². The lowest BCUT2D eigenvalue weighted by Crippen LogP contribution is -2.13. The Bertz CT molecular complexity index is 289. The van der Waals surface area contributed by atoms with Crippen LogP contribution in [-0.2, 0) is 0 Å². The molecule has 1 aromatic rings. The molecule has 0 bridgehead atoms. The maximum atomic E-state index is 6.19. The minimum Gasteiger partial charge on any atom is -0.123 e. The number of aryl methyl sites for hydroxylation is 1. The van der Waals surface area contributed by atoms with Crippen LogP contribution < -0.4 is 0 Å². The third kappa shape index (κ3) is 2.30. The van der Waals surface area contributed by atoms with Crippen LogP contribution in [0.15, 0.2) is 24.3 Å². The lowest BCUT2D eigenvalue weighted by Gasteiger charge is -2.25. The first kappa shape index (κ1) is 10.0. The van der Waals surface area contributed by atoms with Crippen LogP contribution in [0.3, 0.4) is 0 Å². The van der Waals surface area contributed by atoms with E-state index in [2.05, 4.69) is 31.2 Å². The van der Waals surface area contributed by atoms with Crippen LogP contribution in [-0.4, -0.2) is 5.38 Å². The highest BCUT2D eigenvalue weighted by Crippen LogP contribution is 2.35. The highest BCUT2D eigenvalue weighted by molar-refractivity contribution is 6.20. The summed E-state index contributed by atoms with van der Waals surface area (Å²) in [6.45, 7) is 2.13. The summed E-state index contributed by atoms with van der Waals surface area (Å²) < 4.78 is 0. The molecule has 0 aliphatic heterocycles. The van der Waals surface area contributed by atoms with Crippen molar-refractivity contribution in [1.29, 1.82) is 0 Å². The van der Waals surface area contributed by atoms with Gasteiger partial charge >= 0.3 is 0 Å². The maximum absolute atomic E-state index is 6.19. The van der Waals surface area contributed by atoms with Crippen LogP contribution in [0.2, 0.25) is 0 Å². The molecule has 0 spiro atoms. The quantitative estimate of drug-likeness (QED) is 0.605. The van der Waals surface area contributed by atoms with Gasteiger partial charge in [0.25, 0.3) is 0 Å². The van der Waals surface area contributed by atoms with Gasteiger partial charge in [0.15, 0.2) is 0 Å². The fraction of sp³-hybridized carbons (Fsp3) is 0.538. The molecule has 2 atom stereocenters. The van der Waals surface area contributed by atoms with Crippen molar-refractivity contribution in [1.82, 2.24) is 0 Å². The van der Waals surface area contributed by atoms with E-state index in [-0.39, 0.29) is 0 Å². The van der Waals surface area contributed by atoms with Gasteiger partial charge in [0.05, 0.1) is 0 Å². The minimum absolute atomic E-state index is 0.398. The van der Waals surface area contributed by atoms with Crippen molar-refractivity contribution in [2.75, 3.05) is 0 Å². The number of alkyl halides is 1. The van der Waals surface area contributed by atoms with E-state index in [1.165, 1.54) is 30.4 Å². The van der Waals surface area contributed by atoms with Crippen LogP contribution in [0.1, 0.15) is 42.7 Å². The van der Waals surface area contributed by atoms with Crippen LogP contribution in [0, 0.1) is 6.92 Å². The molecule has 0 aromatic heterocycles. The van der Waals surface area contributed by atoms with Gasteiger partial charge in [-0.25, -0.2) is 0 Å². The SMILES string of the molecule is Cc1ccc(C2CCCC(Cl)C2)cc1. The van der Waals surface area contributed by atoms with Gasteiger partial charge in [-0.2, -0.15) is 0 Å². The Morgan fingerprint density at radius 1 is 1.14 bits per heavy atom. The van der Waals surface area contributed by atoms with Crippen molar-refractivity contribution in [2.24, 2.45) is 0 Å². The predicted molar refractivity (Wildman–Crippen MR) is 62.0 cm³/mol. The molecule has 76 valence electrons. The average molecular weight is 209 g/mol. The van der Waals surface area contributed by atoms with E-state index in [9.17, 15) is 0 Å². The third-order valence-electron chi connectivity index (χ3n) is 3.16. The average Bonchev–Trinajstić information content (AvgIpc) is 2.19. The van der Waals surface area contributed by atoms with Gasteiger partial charge in [-0.15, -0.1) is 11.6 Å².